The van der Waals surface area contributed by atoms with Crippen LogP contribution < -0.4 is 5.32 Å². The minimum absolute atomic E-state index is 0.243. The van der Waals surface area contributed by atoms with Crippen LogP contribution in [0.25, 0.3) is 11.4 Å². The first-order valence-electron chi connectivity index (χ1n) is 7.52. The van der Waals surface area contributed by atoms with Crippen molar-refractivity contribution in [1.29, 1.82) is 0 Å². The third kappa shape index (κ3) is 3.47. The molecule has 1 aliphatic heterocycles. The summed E-state index contributed by atoms with van der Waals surface area (Å²) >= 11 is 0. The molecule has 1 saturated heterocycles. The number of hydrogen-bond acceptors (Lipinski definition) is 4. The minimum atomic E-state index is -0.243. The van der Waals surface area contributed by atoms with Gasteiger partial charge in [0.15, 0.2) is 0 Å². The largest absolute Gasteiger partial charge is 0.339 e. The smallest absolute Gasteiger partial charge is 0.226 e. The van der Waals surface area contributed by atoms with Crippen LogP contribution in [-0.2, 0) is 6.42 Å². The van der Waals surface area contributed by atoms with Crippen LogP contribution in [0.2, 0.25) is 0 Å². The molecule has 1 fully saturated rings. The lowest BCUT2D eigenvalue weighted by molar-refractivity contribution is 0.327. The molecular formula is C16H20FN3O. The SMILES string of the molecule is Cc1ccc(-c2noc(CCC3CCCNC3)n2)cc1F. The average molecular weight is 289 g/mol. The van der Waals surface area contributed by atoms with Gasteiger partial charge in [0, 0.05) is 12.0 Å². The van der Waals surface area contributed by atoms with Gasteiger partial charge in [-0.3, -0.25) is 0 Å². The van der Waals surface area contributed by atoms with Crippen LogP contribution in [0.4, 0.5) is 4.39 Å². The Bertz CT molecular complexity index is 605. The highest BCUT2D eigenvalue weighted by molar-refractivity contribution is 5.54. The lowest BCUT2D eigenvalue weighted by atomic mass is 9.95. The summed E-state index contributed by atoms with van der Waals surface area (Å²) in [6.07, 6.45) is 4.34. The monoisotopic (exact) mass is 289 g/mol. The van der Waals surface area contributed by atoms with Crippen molar-refractivity contribution in [1.82, 2.24) is 15.5 Å². The van der Waals surface area contributed by atoms with E-state index in [1.54, 1.807) is 13.0 Å². The predicted octanol–water partition coefficient (Wildman–Crippen LogP) is 3.12. The number of hydrogen-bond donors (Lipinski definition) is 1. The van der Waals surface area contributed by atoms with Gasteiger partial charge in [-0.1, -0.05) is 17.3 Å². The molecule has 0 saturated carbocycles. The van der Waals surface area contributed by atoms with Crippen molar-refractivity contribution in [3.63, 3.8) is 0 Å². The molecule has 1 aromatic carbocycles. The van der Waals surface area contributed by atoms with E-state index in [1.807, 2.05) is 6.07 Å². The second kappa shape index (κ2) is 6.35. The van der Waals surface area contributed by atoms with Crippen LogP contribution in [0.1, 0.15) is 30.7 Å². The molecule has 0 bridgehead atoms. The Labute approximate surface area is 123 Å². The van der Waals surface area contributed by atoms with Crippen LogP contribution >= 0.6 is 0 Å². The molecular weight excluding hydrogens is 269 g/mol. The highest BCUT2D eigenvalue weighted by Crippen LogP contribution is 2.21. The zero-order valence-electron chi connectivity index (χ0n) is 12.2. The van der Waals surface area contributed by atoms with Crippen LogP contribution in [0.3, 0.4) is 0 Å². The van der Waals surface area contributed by atoms with Gasteiger partial charge in [0.1, 0.15) is 5.82 Å². The van der Waals surface area contributed by atoms with Gasteiger partial charge in [-0.05, 0) is 56.8 Å². The fourth-order valence-electron chi connectivity index (χ4n) is 2.70. The molecule has 4 nitrogen and oxygen atoms in total. The minimum Gasteiger partial charge on any atom is -0.339 e. The molecule has 2 heterocycles. The quantitative estimate of drug-likeness (QED) is 0.939. The maximum Gasteiger partial charge on any atom is 0.226 e. The summed E-state index contributed by atoms with van der Waals surface area (Å²) in [6, 6.07) is 5.00. The number of aryl methyl sites for hydroxylation is 2. The van der Waals surface area contributed by atoms with Crippen molar-refractivity contribution < 1.29 is 8.91 Å². The second-order valence-corrected chi connectivity index (χ2v) is 5.73. The van der Waals surface area contributed by atoms with Crippen LogP contribution in [0, 0.1) is 18.7 Å². The Balaban J connectivity index is 1.63. The summed E-state index contributed by atoms with van der Waals surface area (Å²) in [7, 11) is 0. The Kier molecular flexibility index (Phi) is 4.29. The van der Waals surface area contributed by atoms with Gasteiger partial charge in [0.2, 0.25) is 11.7 Å². The summed E-state index contributed by atoms with van der Waals surface area (Å²) in [5, 5.41) is 7.36. The van der Waals surface area contributed by atoms with Crippen molar-refractivity contribution in [2.75, 3.05) is 13.1 Å². The topological polar surface area (TPSA) is 51.0 Å². The molecule has 3 rings (SSSR count). The van der Waals surface area contributed by atoms with Crippen molar-refractivity contribution in [2.24, 2.45) is 5.92 Å². The fraction of sp³-hybridized carbons (Fsp3) is 0.500. The molecule has 1 atom stereocenters. The van der Waals surface area contributed by atoms with E-state index in [4.69, 9.17) is 4.52 Å². The summed E-state index contributed by atoms with van der Waals surface area (Å²) in [6.45, 7) is 3.93. The zero-order chi connectivity index (χ0) is 14.7. The van der Waals surface area contributed by atoms with Crippen molar-refractivity contribution in [3.05, 3.63) is 35.5 Å². The summed E-state index contributed by atoms with van der Waals surface area (Å²) < 4.78 is 18.8. The highest BCUT2D eigenvalue weighted by Gasteiger charge is 2.15. The number of piperidine rings is 1. The van der Waals surface area contributed by atoms with E-state index >= 15 is 0 Å². The van der Waals surface area contributed by atoms with E-state index in [0.717, 1.165) is 25.9 Å². The van der Waals surface area contributed by atoms with Crippen molar-refractivity contribution >= 4 is 0 Å². The number of aromatic nitrogens is 2. The number of benzene rings is 1. The van der Waals surface area contributed by atoms with E-state index in [-0.39, 0.29) is 5.82 Å². The summed E-state index contributed by atoms with van der Waals surface area (Å²) in [4.78, 5) is 4.37. The van der Waals surface area contributed by atoms with Crippen molar-refractivity contribution in [3.8, 4) is 11.4 Å². The Hall–Kier alpha value is -1.75. The Morgan fingerprint density at radius 2 is 2.33 bits per heavy atom. The molecule has 5 heteroatoms. The standard InChI is InChI=1S/C16H20FN3O/c1-11-4-6-13(9-14(11)17)16-19-15(21-20-16)7-5-12-3-2-8-18-10-12/h4,6,9,12,18H,2-3,5,7-8,10H2,1H3. The second-order valence-electron chi connectivity index (χ2n) is 5.73. The van der Waals surface area contributed by atoms with E-state index in [0.29, 0.717) is 28.8 Å². The third-order valence-electron chi connectivity index (χ3n) is 4.06. The molecule has 1 N–H and O–H groups in total. The number of nitrogens with zero attached hydrogens (tertiary/aromatic N) is 2. The van der Waals surface area contributed by atoms with Gasteiger partial charge in [-0.25, -0.2) is 4.39 Å². The van der Waals surface area contributed by atoms with Gasteiger partial charge < -0.3 is 9.84 Å². The molecule has 0 amide bonds. The maximum absolute atomic E-state index is 13.6. The van der Waals surface area contributed by atoms with E-state index in [1.165, 1.54) is 18.9 Å². The van der Waals surface area contributed by atoms with Crippen molar-refractivity contribution in [2.45, 2.75) is 32.6 Å². The van der Waals surface area contributed by atoms with Gasteiger partial charge in [0.05, 0.1) is 0 Å². The van der Waals surface area contributed by atoms with Gasteiger partial charge in [-0.15, -0.1) is 0 Å². The van der Waals surface area contributed by atoms with Gasteiger partial charge in [0.25, 0.3) is 0 Å². The molecule has 0 radical (unpaired) electrons. The van der Waals surface area contributed by atoms with Crippen LogP contribution in [0.5, 0.6) is 0 Å². The molecule has 21 heavy (non-hydrogen) atoms. The summed E-state index contributed by atoms with van der Waals surface area (Å²) in [5.74, 6) is 1.54. The number of halogens is 1. The molecule has 2 aromatic rings. The lowest BCUT2D eigenvalue weighted by Gasteiger charge is -2.21. The molecule has 0 spiro atoms. The Morgan fingerprint density at radius 1 is 1.43 bits per heavy atom. The number of nitrogens with one attached hydrogen (secondary N) is 1. The van der Waals surface area contributed by atoms with E-state index in [2.05, 4.69) is 15.5 Å². The maximum atomic E-state index is 13.6. The van der Waals surface area contributed by atoms with E-state index in [9.17, 15) is 4.39 Å². The molecule has 1 aliphatic rings. The first-order chi connectivity index (χ1) is 10.2. The normalized spacial score (nSPS) is 18.9. The van der Waals surface area contributed by atoms with E-state index < -0.39 is 0 Å². The average Bonchev–Trinajstić information content (AvgIpc) is 2.98. The highest BCUT2D eigenvalue weighted by atomic mass is 19.1. The van der Waals surface area contributed by atoms with Gasteiger partial charge in [-0.2, -0.15) is 4.98 Å². The fourth-order valence-corrected chi connectivity index (χ4v) is 2.70. The predicted molar refractivity (Wildman–Crippen MR) is 78.3 cm³/mol. The molecule has 1 unspecified atom stereocenters. The molecule has 0 aliphatic carbocycles. The summed E-state index contributed by atoms with van der Waals surface area (Å²) in [5.41, 5.74) is 1.28. The third-order valence-corrected chi connectivity index (χ3v) is 4.06. The Morgan fingerprint density at radius 3 is 3.10 bits per heavy atom. The number of rotatable bonds is 4. The molecule has 1 aromatic heterocycles. The first kappa shape index (κ1) is 14.2. The first-order valence-corrected chi connectivity index (χ1v) is 7.52. The lowest BCUT2D eigenvalue weighted by Crippen LogP contribution is -2.29. The van der Waals surface area contributed by atoms with Crippen LogP contribution in [0.15, 0.2) is 22.7 Å². The van der Waals surface area contributed by atoms with Gasteiger partial charge >= 0.3 is 0 Å². The molecule has 112 valence electrons. The zero-order valence-corrected chi connectivity index (χ0v) is 12.2. The van der Waals surface area contributed by atoms with Crippen LogP contribution in [-0.4, -0.2) is 23.2 Å².